The van der Waals surface area contributed by atoms with Crippen molar-refractivity contribution in [3.8, 4) is 11.3 Å². The first-order valence-electron chi connectivity index (χ1n) is 13.2. The minimum absolute atomic E-state index is 0.00768. The molecule has 0 saturated carbocycles. The summed E-state index contributed by atoms with van der Waals surface area (Å²) in [5, 5.41) is 3.04. The van der Waals surface area contributed by atoms with Crippen LogP contribution in [0.2, 0.25) is 0 Å². The summed E-state index contributed by atoms with van der Waals surface area (Å²) < 4.78 is 31.7. The Morgan fingerprint density at radius 1 is 1.03 bits per heavy atom. The van der Waals surface area contributed by atoms with Crippen molar-refractivity contribution in [3.63, 3.8) is 0 Å². The lowest BCUT2D eigenvalue weighted by atomic mass is 10.1. The number of nitrogens with one attached hydrogen (secondary N) is 1. The molecule has 0 bridgehead atoms. The Hall–Kier alpha value is -3.72. The maximum atomic E-state index is 15.0. The number of benzene rings is 1. The molecule has 9 heteroatoms. The van der Waals surface area contributed by atoms with Crippen LogP contribution in [0, 0.1) is 18.6 Å². The summed E-state index contributed by atoms with van der Waals surface area (Å²) in [6.07, 6.45) is 8.46. The van der Waals surface area contributed by atoms with Crippen molar-refractivity contribution in [3.05, 3.63) is 65.3 Å². The smallest absolute Gasteiger partial charge is 0.229 e. The zero-order chi connectivity index (χ0) is 26.8. The van der Waals surface area contributed by atoms with Crippen molar-refractivity contribution in [2.24, 2.45) is 0 Å². The van der Waals surface area contributed by atoms with Gasteiger partial charge in [-0.15, -0.1) is 0 Å². The predicted octanol–water partition coefficient (Wildman–Crippen LogP) is 6.69. The molecule has 7 nitrogen and oxygen atoms in total. The highest BCUT2D eigenvalue weighted by atomic mass is 19.1. The molecule has 0 atom stereocenters. The van der Waals surface area contributed by atoms with Crippen LogP contribution in [0.15, 0.2) is 42.2 Å². The van der Waals surface area contributed by atoms with E-state index < -0.39 is 11.6 Å². The quantitative estimate of drug-likeness (QED) is 0.307. The van der Waals surface area contributed by atoms with Crippen LogP contribution in [0.4, 0.5) is 20.5 Å². The number of imidazole rings is 1. The van der Waals surface area contributed by atoms with E-state index >= 15 is 0 Å². The van der Waals surface area contributed by atoms with Crippen LogP contribution in [0.5, 0.6) is 0 Å². The van der Waals surface area contributed by atoms with E-state index in [0.29, 0.717) is 22.7 Å². The second kappa shape index (κ2) is 10.9. The number of pyridine rings is 1. The Morgan fingerprint density at radius 2 is 1.87 bits per heavy atom. The summed E-state index contributed by atoms with van der Waals surface area (Å²) in [6.45, 7) is 11.4. The van der Waals surface area contributed by atoms with E-state index in [-0.39, 0.29) is 23.2 Å². The van der Waals surface area contributed by atoms with Gasteiger partial charge in [0.25, 0.3) is 0 Å². The topological polar surface area (TPSA) is 71.8 Å². The van der Waals surface area contributed by atoms with E-state index in [2.05, 4.69) is 43.2 Å². The maximum Gasteiger partial charge on any atom is 0.229 e. The standard InChI is InChI=1S/C29H33F2N7/c1-5-37-11-6-7-20(10-12-37)13-21-8-9-26(32-16-21)35-29-33-17-24(31)27(36-29)22-14-23(30)28-25(15-22)38(18(2)3)19(4)34-28/h8-9,13-18H,5-7,10-12H2,1-4H3,(H,32,33,35,36)/b20-13-. The van der Waals surface area contributed by atoms with E-state index in [1.54, 1.807) is 12.3 Å². The molecule has 0 spiro atoms. The Morgan fingerprint density at radius 3 is 2.61 bits per heavy atom. The molecule has 1 N–H and O–H groups in total. The second-order valence-electron chi connectivity index (χ2n) is 10.0. The number of likely N-dealkylation sites (tertiary alicyclic amines) is 1. The van der Waals surface area contributed by atoms with Gasteiger partial charge in [0.2, 0.25) is 5.95 Å². The summed E-state index contributed by atoms with van der Waals surface area (Å²) in [5.74, 6) is 0.260. The number of aromatic nitrogens is 5. The number of halogens is 2. The van der Waals surface area contributed by atoms with Gasteiger partial charge in [0.05, 0.1) is 11.7 Å². The molecule has 1 aliphatic rings. The van der Waals surface area contributed by atoms with Crippen LogP contribution in [0.25, 0.3) is 28.4 Å². The number of anilines is 2. The predicted molar refractivity (Wildman–Crippen MR) is 147 cm³/mol. The van der Waals surface area contributed by atoms with Gasteiger partial charge in [-0.3, -0.25) is 0 Å². The molecule has 4 aromatic rings. The molecular formula is C29H33F2N7. The fourth-order valence-electron chi connectivity index (χ4n) is 5.13. The Labute approximate surface area is 221 Å². The largest absolute Gasteiger partial charge is 0.326 e. The zero-order valence-electron chi connectivity index (χ0n) is 22.3. The molecule has 1 fully saturated rings. The van der Waals surface area contributed by atoms with Gasteiger partial charge < -0.3 is 14.8 Å². The Kier molecular flexibility index (Phi) is 7.46. The summed E-state index contributed by atoms with van der Waals surface area (Å²) in [6, 6.07) is 6.90. The summed E-state index contributed by atoms with van der Waals surface area (Å²) in [7, 11) is 0. The van der Waals surface area contributed by atoms with Gasteiger partial charge >= 0.3 is 0 Å². The first kappa shape index (κ1) is 25.9. The zero-order valence-corrected chi connectivity index (χ0v) is 22.3. The molecule has 5 rings (SSSR count). The molecule has 3 aromatic heterocycles. The Bertz CT molecular complexity index is 1470. The first-order chi connectivity index (χ1) is 18.3. The second-order valence-corrected chi connectivity index (χ2v) is 10.0. The molecule has 38 heavy (non-hydrogen) atoms. The van der Waals surface area contributed by atoms with Crippen LogP contribution in [-0.4, -0.2) is 49.0 Å². The van der Waals surface area contributed by atoms with Crippen molar-refractivity contribution < 1.29 is 8.78 Å². The maximum absolute atomic E-state index is 15.0. The van der Waals surface area contributed by atoms with Crippen LogP contribution in [-0.2, 0) is 0 Å². The number of aryl methyl sites for hydroxylation is 1. The molecule has 0 amide bonds. The summed E-state index contributed by atoms with van der Waals surface area (Å²) >= 11 is 0. The fraction of sp³-hybridized carbons (Fsp3) is 0.379. The third-order valence-corrected chi connectivity index (χ3v) is 7.02. The molecule has 1 aromatic carbocycles. The van der Waals surface area contributed by atoms with Crippen molar-refractivity contribution in [2.75, 3.05) is 25.0 Å². The monoisotopic (exact) mass is 517 g/mol. The lowest BCUT2D eigenvalue weighted by Crippen LogP contribution is -2.23. The minimum atomic E-state index is -0.637. The molecular weight excluding hydrogens is 484 g/mol. The third-order valence-electron chi connectivity index (χ3n) is 7.02. The number of nitrogens with zero attached hydrogens (tertiary/aromatic N) is 6. The number of hydrogen-bond donors (Lipinski definition) is 1. The lowest BCUT2D eigenvalue weighted by Gasteiger charge is -2.16. The molecule has 0 aliphatic carbocycles. The molecule has 198 valence electrons. The molecule has 0 radical (unpaired) electrons. The number of fused-ring (bicyclic) bond motifs is 1. The highest BCUT2D eigenvalue weighted by molar-refractivity contribution is 5.83. The van der Waals surface area contributed by atoms with Crippen LogP contribution >= 0.6 is 0 Å². The molecule has 0 unspecified atom stereocenters. The first-order valence-corrected chi connectivity index (χ1v) is 13.2. The molecule has 4 heterocycles. The number of hydrogen-bond acceptors (Lipinski definition) is 6. The van der Waals surface area contributed by atoms with Gasteiger partial charge in [0.15, 0.2) is 11.6 Å². The third kappa shape index (κ3) is 5.43. The highest BCUT2D eigenvalue weighted by Gasteiger charge is 2.18. The average molecular weight is 518 g/mol. The number of rotatable bonds is 6. The van der Waals surface area contributed by atoms with Gasteiger partial charge in [-0.05, 0) is 83.0 Å². The highest BCUT2D eigenvalue weighted by Crippen LogP contribution is 2.30. The van der Waals surface area contributed by atoms with Gasteiger partial charge in [-0.25, -0.2) is 28.7 Å². The van der Waals surface area contributed by atoms with Gasteiger partial charge in [0.1, 0.15) is 22.9 Å². The van der Waals surface area contributed by atoms with Crippen molar-refractivity contribution >= 4 is 28.9 Å². The molecule has 1 aliphatic heterocycles. The Balaban J connectivity index is 1.38. The summed E-state index contributed by atoms with van der Waals surface area (Å²) in [5.41, 5.74) is 3.67. The van der Waals surface area contributed by atoms with E-state index in [4.69, 9.17) is 0 Å². The van der Waals surface area contributed by atoms with Crippen LogP contribution in [0.1, 0.15) is 57.5 Å². The van der Waals surface area contributed by atoms with E-state index in [1.165, 1.54) is 18.1 Å². The van der Waals surface area contributed by atoms with Gasteiger partial charge in [-0.2, -0.15) is 0 Å². The van der Waals surface area contributed by atoms with Crippen molar-refractivity contribution in [2.45, 2.75) is 53.0 Å². The summed E-state index contributed by atoms with van der Waals surface area (Å²) in [4.78, 5) is 19.8. The minimum Gasteiger partial charge on any atom is -0.326 e. The van der Waals surface area contributed by atoms with Crippen LogP contribution < -0.4 is 5.32 Å². The van der Waals surface area contributed by atoms with Gasteiger partial charge in [-0.1, -0.05) is 18.6 Å². The van der Waals surface area contributed by atoms with E-state index in [0.717, 1.165) is 44.2 Å². The lowest BCUT2D eigenvalue weighted by molar-refractivity contribution is 0.302. The van der Waals surface area contributed by atoms with Crippen LogP contribution in [0.3, 0.4) is 0 Å². The van der Waals surface area contributed by atoms with E-state index in [1.807, 2.05) is 37.5 Å². The van der Waals surface area contributed by atoms with Crippen molar-refractivity contribution in [1.29, 1.82) is 0 Å². The normalized spacial score (nSPS) is 15.9. The van der Waals surface area contributed by atoms with Crippen molar-refractivity contribution in [1.82, 2.24) is 29.4 Å². The average Bonchev–Trinajstić information content (AvgIpc) is 3.08. The van der Waals surface area contributed by atoms with Gasteiger partial charge in [0, 0.05) is 24.3 Å². The SMILES string of the molecule is CCN1CCC/C(=C/c2ccc(Nc3ncc(F)c(-c4cc(F)c5nc(C)n(C(C)C)c5c4)n3)nc2)CC1. The fourth-order valence-corrected chi connectivity index (χ4v) is 5.13. The molecule has 1 saturated heterocycles. The van der Waals surface area contributed by atoms with E-state index in [9.17, 15) is 8.78 Å².